The van der Waals surface area contributed by atoms with Crippen molar-refractivity contribution in [2.75, 3.05) is 19.1 Å². The fraction of sp³-hybridized carbons (Fsp3) is 0.316. The highest BCUT2D eigenvalue weighted by Crippen LogP contribution is 2.23. The van der Waals surface area contributed by atoms with Gasteiger partial charge in [-0.15, -0.1) is 0 Å². The van der Waals surface area contributed by atoms with Gasteiger partial charge in [-0.25, -0.2) is 8.42 Å². The molecular weight excluding hydrogens is 320 g/mol. The van der Waals surface area contributed by atoms with Crippen molar-refractivity contribution in [1.82, 2.24) is 4.90 Å². The Morgan fingerprint density at radius 3 is 2.33 bits per heavy atom. The Morgan fingerprint density at radius 2 is 1.75 bits per heavy atom. The summed E-state index contributed by atoms with van der Waals surface area (Å²) in [5.41, 5.74) is 3.69. The number of benzene rings is 2. The van der Waals surface area contributed by atoms with Crippen molar-refractivity contribution in [3.05, 3.63) is 59.7 Å². The molecule has 0 amide bonds. The van der Waals surface area contributed by atoms with Crippen molar-refractivity contribution in [3.63, 3.8) is 0 Å². The first-order valence-electron chi connectivity index (χ1n) is 7.76. The first kappa shape index (κ1) is 18.2. The van der Waals surface area contributed by atoms with E-state index in [0.29, 0.717) is 12.1 Å². The average molecular weight is 342 g/mol. The van der Waals surface area contributed by atoms with Crippen LogP contribution in [0.4, 0.5) is 0 Å². The lowest BCUT2D eigenvalue weighted by Crippen LogP contribution is -2.34. The molecule has 5 heteroatoms. The summed E-state index contributed by atoms with van der Waals surface area (Å²) >= 11 is 0. The van der Waals surface area contributed by atoms with Crippen LogP contribution < -0.4 is 0 Å². The smallest absolute Gasteiger partial charge is 0.148 e. The van der Waals surface area contributed by atoms with Gasteiger partial charge in [-0.1, -0.05) is 42.5 Å². The van der Waals surface area contributed by atoms with Crippen molar-refractivity contribution in [3.8, 4) is 17.2 Å². The standard InChI is InChI=1S/C19H22N2O2S/c1-15(14-24(3,22)23)21(2)13-16-8-10-17(11-9-16)19-7-5-4-6-18(19)12-20/h4-11,15H,13-14H2,1-3H3/t15-/m1/s1. The van der Waals surface area contributed by atoms with Crippen LogP contribution >= 0.6 is 0 Å². The van der Waals surface area contributed by atoms with Crippen LogP contribution in [0, 0.1) is 11.3 Å². The molecule has 0 heterocycles. The van der Waals surface area contributed by atoms with E-state index in [1.807, 2.05) is 67.4 Å². The molecule has 0 fully saturated rings. The summed E-state index contributed by atoms with van der Waals surface area (Å²) < 4.78 is 22.8. The molecule has 0 aliphatic rings. The molecule has 1 atom stereocenters. The molecule has 0 bridgehead atoms. The zero-order valence-corrected chi connectivity index (χ0v) is 15.0. The zero-order chi connectivity index (χ0) is 17.7. The molecule has 0 radical (unpaired) electrons. The maximum Gasteiger partial charge on any atom is 0.148 e. The third-order valence-electron chi connectivity index (χ3n) is 4.04. The van der Waals surface area contributed by atoms with E-state index in [9.17, 15) is 13.7 Å². The van der Waals surface area contributed by atoms with Crippen molar-refractivity contribution in [2.24, 2.45) is 0 Å². The lowest BCUT2D eigenvalue weighted by Gasteiger charge is -2.24. The fourth-order valence-corrected chi connectivity index (χ4v) is 3.76. The van der Waals surface area contributed by atoms with E-state index in [1.54, 1.807) is 0 Å². The molecule has 2 aromatic rings. The largest absolute Gasteiger partial charge is 0.298 e. The Hall–Kier alpha value is -2.16. The zero-order valence-electron chi connectivity index (χ0n) is 14.2. The third-order valence-corrected chi connectivity index (χ3v) is 5.13. The van der Waals surface area contributed by atoms with Crippen molar-refractivity contribution in [2.45, 2.75) is 19.5 Å². The molecule has 0 N–H and O–H groups in total. The minimum absolute atomic E-state index is 0.0426. The van der Waals surface area contributed by atoms with E-state index in [-0.39, 0.29) is 11.8 Å². The SMILES string of the molecule is C[C@H](CS(C)(=O)=O)N(C)Cc1ccc(-c2ccccc2C#N)cc1. The highest BCUT2D eigenvalue weighted by molar-refractivity contribution is 7.90. The molecule has 0 aliphatic carbocycles. The van der Waals surface area contributed by atoms with Gasteiger partial charge in [-0.3, -0.25) is 4.90 Å². The van der Waals surface area contributed by atoms with Crippen LogP contribution in [0.15, 0.2) is 48.5 Å². The molecule has 0 aliphatic heterocycles. The van der Waals surface area contributed by atoms with Crippen molar-refractivity contribution in [1.29, 1.82) is 5.26 Å². The number of nitrogens with zero attached hydrogens (tertiary/aromatic N) is 2. The Balaban J connectivity index is 2.11. The van der Waals surface area contributed by atoms with Crippen LogP contribution in [0.1, 0.15) is 18.1 Å². The number of rotatable bonds is 6. The Kier molecular flexibility index (Phi) is 5.76. The topological polar surface area (TPSA) is 61.2 Å². The van der Waals surface area contributed by atoms with Crippen LogP contribution in [0.25, 0.3) is 11.1 Å². The van der Waals surface area contributed by atoms with Gasteiger partial charge in [0.1, 0.15) is 9.84 Å². The van der Waals surface area contributed by atoms with Crippen LogP contribution in [0.2, 0.25) is 0 Å². The van der Waals surface area contributed by atoms with Gasteiger partial charge in [-0.2, -0.15) is 5.26 Å². The van der Waals surface area contributed by atoms with Gasteiger partial charge >= 0.3 is 0 Å². The Morgan fingerprint density at radius 1 is 1.12 bits per heavy atom. The van der Waals surface area contributed by atoms with Crippen LogP contribution in [-0.2, 0) is 16.4 Å². The molecule has 0 aromatic heterocycles. The van der Waals surface area contributed by atoms with Gasteiger partial charge in [0.15, 0.2) is 0 Å². The van der Waals surface area contributed by atoms with Gasteiger partial charge in [-0.05, 0) is 36.7 Å². The highest BCUT2D eigenvalue weighted by Gasteiger charge is 2.15. The second-order valence-corrected chi connectivity index (χ2v) is 8.40. The maximum absolute atomic E-state index is 11.4. The molecule has 24 heavy (non-hydrogen) atoms. The summed E-state index contributed by atoms with van der Waals surface area (Å²) in [7, 11) is -1.06. The molecule has 4 nitrogen and oxygen atoms in total. The van der Waals surface area contributed by atoms with E-state index in [2.05, 4.69) is 6.07 Å². The first-order valence-corrected chi connectivity index (χ1v) is 9.82. The fourth-order valence-electron chi connectivity index (χ4n) is 2.63. The summed E-state index contributed by atoms with van der Waals surface area (Å²) in [4.78, 5) is 2.03. The average Bonchev–Trinajstić information content (AvgIpc) is 2.54. The number of sulfone groups is 1. The van der Waals surface area contributed by atoms with Gasteiger partial charge in [0.2, 0.25) is 0 Å². The van der Waals surface area contributed by atoms with Crippen molar-refractivity contribution < 1.29 is 8.42 Å². The summed E-state index contributed by atoms with van der Waals surface area (Å²) in [6.45, 7) is 2.59. The van der Waals surface area contributed by atoms with Crippen LogP contribution in [0.3, 0.4) is 0 Å². The Labute approximate surface area is 144 Å². The molecule has 126 valence electrons. The molecule has 0 unspecified atom stereocenters. The van der Waals surface area contributed by atoms with Gasteiger partial charge < -0.3 is 0 Å². The third kappa shape index (κ3) is 4.92. The Bertz CT molecular complexity index is 836. The summed E-state index contributed by atoms with van der Waals surface area (Å²) in [5, 5.41) is 9.20. The number of hydrogen-bond donors (Lipinski definition) is 0. The van der Waals surface area contributed by atoms with Crippen LogP contribution in [0.5, 0.6) is 0 Å². The van der Waals surface area contributed by atoms with E-state index < -0.39 is 9.84 Å². The van der Waals surface area contributed by atoms with E-state index in [1.165, 1.54) is 6.26 Å². The molecule has 0 saturated heterocycles. The minimum Gasteiger partial charge on any atom is -0.298 e. The lowest BCUT2D eigenvalue weighted by atomic mass is 9.99. The summed E-state index contributed by atoms with van der Waals surface area (Å²) in [6, 6.07) is 17.7. The second kappa shape index (κ2) is 7.61. The summed E-state index contributed by atoms with van der Waals surface area (Å²) in [6.07, 6.45) is 1.26. The maximum atomic E-state index is 11.4. The number of nitriles is 1. The predicted octanol–water partition coefficient (Wildman–Crippen LogP) is 3.09. The van der Waals surface area contributed by atoms with E-state index in [4.69, 9.17) is 0 Å². The highest BCUT2D eigenvalue weighted by atomic mass is 32.2. The predicted molar refractivity (Wildman–Crippen MR) is 97.2 cm³/mol. The summed E-state index contributed by atoms with van der Waals surface area (Å²) in [5.74, 6) is 0.150. The normalized spacial score (nSPS) is 12.8. The van der Waals surface area contributed by atoms with Gasteiger partial charge in [0, 0.05) is 18.8 Å². The molecule has 2 rings (SSSR count). The monoisotopic (exact) mass is 342 g/mol. The minimum atomic E-state index is -2.98. The molecule has 2 aromatic carbocycles. The molecular formula is C19H22N2O2S. The quantitative estimate of drug-likeness (QED) is 0.809. The first-order chi connectivity index (χ1) is 11.3. The van der Waals surface area contributed by atoms with E-state index >= 15 is 0 Å². The number of hydrogen-bond acceptors (Lipinski definition) is 4. The van der Waals surface area contributed by atoms with Gasteiger partial charge in [0.05, 0.1) is 17.4 Å². The molecule has 0 saturated carbocycles. The van der Waals surface area contributed by atoms with Gasteiger partial charge in [0.25, 0.3) is 0 Å². The van der Waals surface area contributed by atoms with Crippen LogP contribution in [-0.4, -0.2) is 38.4 Å². The second-order valence-electron chi connectivity index (χ2n) is 6.21. The molecule has 0 spiro atoms. The van der Waals surface area contributed by atoms with Crippen molar-refractivity contribution >= 4 is 9.84 Å². The lowest BCUT2D eigenvalue weighted by molar-refractivity contribution is 0.267. The van der Waals surface area contributed by atoms with E-state index in [0.717, 1.165) is 16.7 Å².